The van der Waals surface area contributed by atoms with Crippen LogP contribution in [0, 0.1) is 0 Å². The van der Waals surface area contributed by atoms with Gasteiger partial charge in [0.15, 0.2) is 5.82 Å². The van der Waals surface area contributed by atoms with Crippen molar-refractivity contribution in [3.05, 3.63) is 65.5 Å². The third-order valence-corrected chi connectivity index (χ3v) is 5.02. The van der Waals surface area contributed by atoms with Crippen molar-refractivity contribution in [2.75, 3.05) is 19.8 Å². The number of benzene rings is 1. The summed E-state index contributed by atoms with van der Waals surface area (Å²) in [7, 11) is 1.81. The van der Waals surface area contributed by atoms with Crippen LogP contribution in [-0.4, -0.2) is 55.1 Å². The minimum Gasteiger partial charge on any atom is -0.377 e. The number of morpholine rings is 1. The van der Waals surface area contributed by atoms with Crippen LogP contribution in [0.4, 0.5) is 0 Å². The highest BCUT2D eigenvalue weighted by Crippen LogP contribution is 2.25. The summed E-state index contributed by atoms with van der Waals surface area (Å²) in [5, 5.41) is 8.79. The molecule has 1 saturated heterocycles. The van der Waals surface area contributed by atoms with Gasteiger partial charge in [0.25, 0.3) is 5.91 Å². The van der Waals surface area contributed by atoms with Gasteiger partial charge in [-0.15, -0.1) is 0 Å². The first-order valence-corrected chi connectivity index (χ1v) is 9.50. The Balaban J connectivity index is 1.62. The fourth-order valence-electron chi connectivity index (χ4n) is 3.52. The number of aryl methyl sites for hydroxylation is 2. The maximum atomic E-state index is 13.3. The Morgan fingerprint density at radius 3 is 2.86 bits per heavy atom. The first-order chi connectivity index (χ1) is 13.7. The van der Waals surface area contributed by atoms with Crippen molar-refractivity contribution in [1.82, 2.24) is 29.4 Å². The van der Waals surface area contributed by atoms with E-state index in [4.69, 9.17) is 4.74 Å². The third kappa shape index (κ3) is 3.55. The Hall–Kier alpha value is -3.00. The van der Waals surface area contributed by atoms with Crippen LogP contribution >= 0.6 is 0 Å². The lowest BCUT2D eigenvalue weighted by Gasteiger charge is -2.35. The van der Waals surface area contributed by atoms with Crippen molar-refractivity contribution in [3.63, 3.8) is 0 Å². The van der Waals surface area contributed by atoms with Crippen LogP contribution in [0.25, 0.3) is 0 Å². The Kier molecular flexibility index (Phi) is 5.21. The largest absolute Gasteiger partial charge is 0.377 e. The molecule has 0 aliphatic carbocycles. The highest BCUT2D eigenvalue weighted by atomic mass is 16.5. The lowest BCUT2D eigenvalue weighted by atomic mass is 10.1. The highest BCUT2D eigenvalue weighted by Gasteiger charge is 2.34. The molecule has 3 heterocycles. The lowest BCUT2D eigenvalue weighted by molar-refractivity contribution is -0.00690. The van der Waals surface area contributed by atoms with Gasteiger partial charge >= 0.3 is 0 Å². The molecule has 8 nitrogen and oxygen atoms in total. The fourth-order valence-corrected chi connectivity index (χ4v) is 3.52. The molecule has 1 atom stereocenters. The number of amides is 1. The van der Waals surface area contributed by atoms with Gasteiger partial charge in [-0.2, -0.15) is 10.2 Å². The third-order valence-electron chi connectivity index (χ3n) is 5.02. The Morgan fingerprint density at radius 1 is 1.29 bits per heavy atom. The van der Waals surface area contributed by atoms with Crippen LogP contribution in [0.2, 0.25) is 0 Å². The zero-order chi connectivity index (χ0) is 19.5. The summed E-state index contributed by atoms with van der Waals surface area (Å²) >= 11 is 0. The lowest BCUT2D eigenvalue weighted by Crippen LogP contribution is -2.45. The summed E-state index contributed by atoms with van der Waals surface area (Å²) in [5.74, 6) is 0.673. The molecule has 146 valence electrons. The molecule has 0 spiro atoms. The van der Waals surface area contributed by atoms with E-state index in [2.05, 4.69) is 15.2 Å². The summed E-state index contributed by atoms with van der Waals surface area (Å²) in [6, 6.07) is 11.7. The number of carbonyl (C=O) groups is 1. The molecule has 0 N–H and O–H groups in total. The predicted octanol–water partition coefficient (Wildman–Crippen LogP) is 1.84. The number of aromatic nitrogens is 5. The maximum absolute atomic E-state index is 13.3. The van der Waals surface area contributed by atoms with Crippen molar-refractivity contribution in [2.45, 2.75) is 25.9 Å². The van der Waals surface area contributed by atoms with Gasteiger partial charge in [0, 0.05) is 13.6 Å². The highest BCUT2D eigenvalue weighted by molar-refractivity contribution is 5.93. The molecule has 3 aromatic rings. The normalized spacial score (nSPS) is 17.1. The maximum Gasteiger partial charge on any atom is 0.272 e. The van der Waals surface area contributed by atoms with E-state index in [-0.39, 0.29) is 11.9 Å². The van der Waals surface area contributed by atoms with Gasteiger partial charge in [0.2, 0.25) is 0 Å². The summed E-state index contributed by atoms with van der Waals surface area (Å²) in [6.07, 6.45) is 2.33. The molecule has 0 bridgehead atoms. The molecule has 0 radical (unpaired) electrons. The van der Waals surface area contributed by atoms with E-state index >= 15 is 0 Å². The van der Waals surface area contributed by atoms with E-state index in [1.165, 1.54) is 6.33 Å². The smallest absolute Gasteiger partial charge is 0.272 e. The summed E-state index contributed by atoms with van der Waals surface area (Å²) in [4.78, 5) is 19.6. The Labute approximate surface area is 163 Å². The summed E-state index contributed by atoms with van der Waals surface area (Å²) in [5.41, 5.74) is 2.61. The van der Waals surface area contributed by atoms with Gasteiger partial charge in [-0.05, 0) is 18.1 Å². The second-order valence-corrected chi connectivity index (χ2v) is 6.85. The van der Waals surface area contributed by atoms with Gasteiger partial charge < -0.3 is 9.64 Å². The minimum absolute atomic E-state index is 0.0581. The molecule has 1 aliphatic rings. The minimum atomic E-state index is -0.285. The van der Waals surface area contributed by atoms with Crippen molar-refractivity contribution in [2.24, 2.45) is 7.05 Å². The van der Waals surface area contributed by atoms with E-state index in [1.807, 2.05) is 52.9 Å². The standard InChI is InChI=1S/C20H24N6O2/c1-3-16-11-17(24(2)23-16)20(27)25-9-10-28-13-18(25)19-21-14-22-26(19)12-15-7-5-4-6-8-15/h4-8,11,14,18H,3,9-10,12-13H2,1-2H3. The van der Waals surface area contributed by atoms with Gasteiger partial charge in [0.05, 0.1) is 25.5 Å². The quantitative estimate of drug-likeness (QED) is 0.675. The molecule has 8 heteroatoms. The number of hydrogen-bond acceptors (Lipinski definition) is 5. The molecule has 1 aliphatic heterocycles. The van der Waals surface area contributed by atoms with Crippen LogP contribution in [0.15, 0.2) is 42.7 Å². The second-order valence-electron chi connectivity index (χ2n) is 6.85. The SMILES string of the molecule is CCc1cc(C(=O)N2CCOCC2c2ncnn2Cc2ccccc2)n(C)n1. The van der Waals surface area contributed by atoms with Crippen molar-refractivity contribution in [3.8, 4) is 0 Å². The van der Waals surface area contributed by atoms with E-state index in [0.29, 0.717) is 32.0 Å². The molecule has 2 aromatic heterocycles. The predicted molar refractivity (Wildman–Crippen MR) is 103 cm³/mol. The zero-order valence-corrected chi connectivity index (χ0v) is 16.2. The molecule has 1 unspecified atom stereocenters. The number of nitrogens with zero attached hydrogens (tertiary/aromatic N) is 6. The first-order valence-electron chi connectivity index (χ1n) is 9.50. The first kappa shape index (κ1) is 18.4. The van der Waals surface area contributed by atoms with E-state index in [0.717, 1.165) is 23.5 Å². The number of rotatable bonds is 5. The topological polar surface area (TPSA) is 78.1 Å². The van der Waals surface area contributed by atoms with E-state index in [1.54, 1.807) is 11.7 Å². The zero-order valence-electron chi connectivity index (χ0n) is 16.2. The van der Waals surface area contributed by atoms with E-state index < -0.39 is 0 Å². The molecule has 28 heavy (non-hydrogen) atoms. The molecule has 1 aromatic carbocycles. The van der Waals surface area contributed by atoms with Crippen molar-refractivity contribution >= 4 is 5.91 Å². The molecular formula is C20H24N6O2. The number of carbonyl (C=O) groups excluding carboxylic acids is 1. The summed E-state index contributed by atoms with van der Waals surface area (Å²) in [6.45, 7) is 4.04. The van der Waals surface area contributed by atoms with Crippen LogP contribution in [0.5, 0.6) is 0 Å². The molecule has 1 amide bonds. The molecule has 1 fully saturated rings. The number of ether oxygens (including phenoxy) is 1. The van der Waals surface area contributed by atoms with Crippen LogP contribution < -0.4 is 0 Å². The van der Waals surface area contributed by atoms with Crippen molar-refractivity contribution in [1.29, 1.82) is 0 Å². The second kappa shape index (κ2) is 7.93. The average molecular weight is 380 g/mol. The fraction of sp³-hybridized carbons (Fsp3) is 0.400. The molecular weight excluding hydrogens is 356 g/mol. The Morgan fingerprint density at radius 2 is 2.11 bits per heavy atom. The molecule has 4 rings (SSSR count). The van der Waals surface area contributed by atoms with E-state index in [9.17, 15) is 4.79 Å². The van der Waals surface area contributed by atoms with Crippen LogP contribution in [-0.2, 0) is 24.8 Å². The van der Waals surface area contributed by atoms with Crippen LogP contribution in [0.3, 0.4) is 0 Å². The monoisotopic (exact) mass is 380 g/mol. The average Bonchev–Trinajstić information content (AvgIpc) is 3.34. The van der Waals surface area contributed by atoms with Gasteiger partial charge in [-0.3, -0.25) is 9.48 Å². The van der Waals surface area contributed by atoms with Gasteiger partial charge in [-0.1, -0.05) is 37.3 Å². The van der Waals surface area contributed by atoms with Crippen LogP contribution in [0.1, 0.15) is 40.5 Å². The van der Waals surface area contributed by atoms with Gasteiger partial charge in [0.1, 0.15) is 18.1 Å². The summed E-state index contributed by atoms with van der Waals surface area (Å²) < 4.78 is 9.18. The number of hydrogen-bond donors (Lipinski definition) is 0. The van der Waals surface area contributed by atoms with Gasteiger partial charge in [-0.25, -0.2) is 9.67 Å². The van der Waals surface area contributed by atoms with Crippen molar-refractivity contribution < 1.29 is 9.53 Å². The Bertz CT molecular complexity index is 949. The molecule has 0 saturated carbocycles.